The molecule has 0 atom stereocenters. The summed E-state index contributed by atoms with van der Waals surface area (Å²) in [6, 6.07) is 8.32. The molecule has 1 aliphatic rings. The van der Waals surface area contributed by atoms with Crippen LogP contribution in [0.3, 0.4) is 0 Å². The van der Waals surface area contributed by atoms with Crippen LogP contribution in [0.25, 0.3) is 10.8 Å². The van der Waals surface area contributed by atoms with Crippen molar-refractivity contribution in [3.05, 3.63) is 30.5 Å². The Balaban J connectivity index is 1.90. The maximum atomic E-state index is 6.11. The first kappa shape index (κ1) is 12.3. The number of pyridine rings is 1. The number of hydrogen-bond acceptors (Lipinski definition) is 3. The summed E-state index contributed by atoms with van der Waals surface area (Å²) in [7, 11) is 1.93. The van der Waals surface area contributed by atoms with Crippen LogP contribution >= 0.6 is 0 Å². The van der Waals surface area contributed by atoms with E-state index in [-0.39, 0.29) is 0 Å². The molecule has 0 saturated heterocycles. The molecule has 0 spiro atoms. The molecule has 1 N–H and O–H groups in total. The fourth-order valence-corrected chi connectivity index (χ4v) is 2.74. The van der Waals surface area contributed by atoms with E-state index in [1.807, 2.05) is 19.3 Å². The van der Waals surface area contributed by atoms with Crippen LogP contribution in [0.2, 0.25) is 0 Å². The average Bonchev–Trinajstić information content (AvgIpc) is 2.48. The summed E-state index contributed by atoms with van der Waals surface area (Å²) in [5.41, 5.74) is 1.11. The Morgan fingerprint density at radius 2 is 2.00 bits per heavy atom. The Morgan fingerprint density at radius 1 is 1.16 bits per heavy atom. The van der Waals surface area contributed by atoms with Gasteiger partial charge in [0.25, 0.3) is 0 Å². The van der Waals surface area contributed by atoms with Crippen LogP contribution in [-0.4, -0.2) is 18.1 Å². The molecule has 19 heavy (non-hydrogen) atoms. The van der Waals surface area contributed by atoms with E-state index in [4.69, 9.17) is 4.74 Å². The van der Waals surface area contributed by atoms with Crippen LogP contribution in [0.15, 0.2) is 30.5 Å². The second kappa shape index (κ2) is 5.47. The number of ether oxygens (including phenoxy) is 1. The Hall–Kier alpha value is -1.77. The van der Waals surface area contributed by atoms with E-state index in [0.29, 0.717) is 6.10 Å². The lowest BCUT2D eigenvalue weighted by atomic mass is 9.98. The van der Waals surface area contributed by atoms with Gasteiger partial charge in [0.1, 0.15) is 6.10 Å². The normalized spacial score (nSPS) is 16.5. The Labute approximate surface area is 114 Å². The number of nitrogens with zero attached hydrogens (tertiary/aromatic N) is 1. The topological polar surface area (TPSA) is 34.1 Å². The zero-order valence-electron chi connectivity index (χ0n) is 11.4. The SMILES string of the molecule is CNc1ccc2c(OC3CCCCC3)nccc2c1. The average molecular weight is 256 g/mol. The molecular weight excluding hydrogens is 236 g/mol. The summed E-state index contributed by atoms with van der Waals surface area (Å²) in [6.45, 7) is 0. The molecule has 2 aromatic rings. The van der Waals surface area contributed by atoms with Crippen LogP contribution in [0.1, 0.15) is 32.1 Å². The molecule has 1 heterocycles. The molecule has 0 unspecified atom stereocenters. The predicted molar refractivity (Wildman–Crippen MR) is 78.8 cm³/mol. The number of hydrogen-bond donors (Lipinski definition) is 1. The highest BCUT2D eigenvalue weighted by Gasteiger charge is 2.16. The standard InChI is InChI=1S/C16H20N2O/c1-17-13-7-8-15-12(11-13)9-10-18-16(15)19-14-5-3-2-4-6-14/h7-11,14,17H,2-6H2,1H3. The van der Waals surface area contributed by atoms with Crippen molar-refractivity contribution in [2.75, 3.05) is 12.4 Å². The van der Waals surface area contributed by atoms with Gasteiger partial charge in [-0.15, -0.1) is 0 Å². The molecule has 3 rings (SSSR count). The molecule has 1 aromatic heterocycles. The fourth-order valence-electron chi connectivity index (χ4n) is 2.74. The predicted octanol–water partition coefficient (Wildman–Crippen LogP) is 3.99. The van der Waals surface area contributed by atoms with Gasteiger partial charge in [0, 0.05) is 24.3 Å². The molecule has 0 amide bonds. The number of aromatic nitrogens is 1. The van der Waals surface area contributed by atoms with Crippen molar-refractivity contribution < 1.29 is 4.74 Å². The minimum Gasteiger partial charge on any atom is -0.474 e. The van der Waals surface area contributed by atoms with Gasteiger partial charge in [-0.25, -0.2) is 4.98 Å². The van der Waals surface area contributed by atoms with Crippen molar-refractivity contribution in [3.63, 3.8) is 0 Å². The highest BCUT2D eigenvalue weighted by atomic mass is 16.5. The Bertz CT molecular complexity index is 562. The lowest BCUT2D eigenvalue weighted by molar-refractivity contribution is 0.151. The summed E-state index contributed by atoms with van der Waals surface area (Å²) < 4.78 is 6.11. The van der Waals surface area contributed by atoms with E-state index in [0.717, 1.165) is 29.8 Å². The third-order valence-electron chi connectivity index (χ3n) is 3.85. The summed E-state index contributed by atoms with van der Waals surface area (Å²) in [6.07, 6.45) is 8.39. The van der Waals surface area contributed by atoms with Crippen LogP contribution < -0.4 is 10.1 Å². The third kappa shape index (κ3) is 2.65. The summed E-state index contributed by atoms with van der Waals surface area (Å²) in [5, 5.41) is 5.44. The maximum absolute atomic E-state index is 6.11. The van der Waals surface area contributed by atoms with Crippen LogP contribution in [-0.2, 0) is 0 Å². The molecule has 1 fully saturated rings. The van der Waals surface area contributed by atoms with Crippen molar-refractivity contribution in [2.45, 2.75) is 38.2 Å². The number of anilines is 1. The van der Waals surface area contributed by atoms with Gasteiger partial charge < -0.3 is 10.1 Å². The maximum Gasteiger partial charge on any atom is 0.221 e. The van der Waals surface area contributed by atoms with Crippen LogP contribution in [0.4, 0.5) is 5.69 Å². The van der Waals surface area contributed by atoms with Gasteiger partial charge in [-0.3, -0.25) is 0 Å². The summed E-state index contributed by atoms with van der Waals surface area (Å²) >= 11 is 0. The molecule has 0 radical (unpaired) electrons. The lowest BCUT2D eigenvalue weighted by Crippen LogP contribution is -2.20. The van der Waals surface area contributed by atoms with Gasteiger partial charge in [-0.05, 0) is 55.3 Å². The number of fused-ring (bicyclic) bond motifs is 1. The molecule has 100 valence electrons. The molecule has 1 aromatic carbocycles. The van der Waals surface area contributed by atoms with Gasteiger partial charge >= 0.3 is 0 Å². The first-order valence-electron chi connectivity index (χ1n) is 7.10. The highest BCUT2D eigenvalue weighted by Crippen LogP contribution is 2.29. The highest BCUT2D eigenvalue weighted by molar-refractivity contribution is 5.89. The number of nitrogens with one attached hydrogen (secondary N) is 1. The number of benzene rings is 1. The van der Waals surface area contributed by atoms with E-state index in [1.54, 1.807) is 0 Å². The Morgan fingerprint density at radius 3 is 2.79 bits per heavy atom. The zero-order valence-corrected chi connectivity index (χ0v) is 11.4. The first-order chi connectivity index (χ1) is 9.36. The monoisotopic (exact) mass is 256 g/mol. The van der Waals surface area contributed by atoms with Crippen molar-refractivity contribution in [1.82, 2.24) is 4.98 Å². The van der Waals surface area contributed by atoms with Gasteiger partial charge in [0.15, 0.2) is 0 Å². The molecular formula is C16H20N2O. The third-order valence-corrected chi connectivity index (χ3v) is 3.85. The minimum absolute atomic E-state index is 0.343. The van der Waals surface area contributed by atoms with Gasteiger partial charge in [0.2, 0.25) is 5.88 Å². The van der Waals surface area contributed by atoms with Gasteiger partial charge in [0.05, 0.1) is 0 Å². The summed E-state index contributed by atoms with van der Waals surface area (Å²) in [5.74, 6) is 0.784. The molecule has 1 saturated carbocycles. The number of rotatable bonds is 3. The largest absolute Gasteiger partial charge is 0.474 e. The first-order valence-corrected chi connectivity index (χ1v) is 7.10. The van der Waals surface area contributed by atoms with Crippen molar-refractivity contribution >= 4 is 16.5 Å². The van der Waals surface area contributed by atoms with Crippen molar-refractivity contribution in [1.29, 1.82) is 0 Å². The molecule has 0 bridgehead atoms. The summed E-state index contributed by atoms with van der Waals surface area (Å²) in [4.78, 5) is 4.41. The van der Waals surface area contributed by atoms with E-state index >= 15 is 0 Å². The minimum atomic E-state index is 0.343. The van der Waals surface area contributed by atoms with E-state index in [9.17, 15) is 0 Å². The fraction of sp³-hybridized carbons (Fsp3) is 0.438. The van der Waals surface area contributed by atoms with E-state index < -0.39 is 0 Å². The smallest absolute Gasteiger partial charge is 0.221 e. The van der Waals surface area contributed by atoms with Crippen molar-refractivity contribution in [2.24, 2.45) is 0 Å². The molecule has 3 nitrogen and oxygen atoms in total. The quantitative estimate of drug-likeness (QED) is 0.901. The van der Waals surface area contributed by atoms with Gasteiger partial charge in [-0.2, -0.15) is 0 Å². The second-order valence-corrected chi connectivity index (χ2v) is 5.18. The lowest BCUT2D eigenvalue weighted by Gasteiger charge is -2.23. The zero-order chi connectivity index (χ0) is 13.1. The van der Waals surface area contributed by atoms with Gasteiger partial charge in [-0.1, -0.05) is 6.42 Å². The van der Waals surface area contributed by atoms with Crippen molar-refractivity contribution in [3.8, 4) is 5.88 Å². The molecule has 0 aliphatic heterocycles. The Kier molecular flexibility index (Phi) is 3.53. The van der Waals surface area contributed by atoms with E-state index in [2.05, 4.69) is 28.5 Å². The molecule has 1 aliphatic carbocycles. The second-order valence-electron chi connectivity index (χ2n) is 5.18. The van der Waals surface area contributed by atoms with E-state index in [1.165, 1.54) is 24.6 Å². The van der Waals surface area contributed by atoms with Crippen LogP contribution in [0, 0.1) is 0 Å². The molecule has 3 heteroatoms. The van der Waals surface area contributed by atoms with Crippen LogP contribution in [0.5, 0.6) is 5.88 Å².